The van der Waals surface area contributed by atoms with Crippen LogP contribution in [0.4, 0.5) is 0 Å². The summed E-state index contributed by atoms with van der Waals surface area (Å²) in [4.78, 5) is 4.29. The van der Waals surface area contributed by atoms with E-state index in [9.17, 15) is 8.42 Å². The summed E-state index contributed by atoms with van der Waals surface area (Å²) < 4.78 is 25.3. The Hall–Kier alpha value is -0.880. The van der Waals surface area contributed by atoms with Crippen LogP contribution in [-0.4, -0.2) is 42.1 Å². The van der Waals surface area contributed by atoms with Crippen molar-refractivity contribution in [2.75, 3.05) is 18.8 Å². The van der Waals surface area contributed by atoms with E-state index < -0.39 is 9.84 Å². The van der Waals surface area contributed by atoms with Crippen LogP contribution in [0.5, 0.6) is 0 Å². The Morgan fingerprint density at radius 2 is 2.11 bits per heavy atom. The molecule has 19 heavy (non-hydrogen) atoms. The molecule has 0 radical (unpaired) electrons. The van der Waals surface area contributed by atoms with Gasteiger partial charge in [-0.15, -0.1) is 0 Å². The zero-order chi connectivity index (χ0) is 14.3. The number of nitrogens with one attached hydrogen (secondary N) is 1. The highest BCUT2D eigenvalue weighted by atomic mass is 32.2. The van der Waals surface area contributed by atoms with Crippen molar-refractivity contribution in [1.29, 1.82) is 0 Å². The van der Waals surface area contributed by atoms with Gasteiger partial charge < -0.3 is 9.88 Å². The first-order chi connectivity index (χ1) is 8.95. The maximum absolute atomic E-state index is 11.7. The van der Waals surface area contributed by atoms with Gasteiger partial charge in [-0.3, -0.25) is 0 Å². The van der Waals surface area contributed by atoms with E-state index in [1.165, 1.54) is 0 Å². The van der Waals surface area contributed by atoms with Crippen molar-refractivity contribution in [3.05, 3.63) is 18.2 Å². The van der Waals surface area contributed by atoms with Gasteiger partial charge in [-0.2, -0.15) is 0 Å². The Bertz CT molecular complexity index is 466. The molecule has 1 N–H and O–H groups in total. The standard InChI is InChI=1S/C13H25N3O2S/c1-4-6-14-7-5-13-10-16(11-15-13)8-9-19(17,18)12(2)3/h10-12,14H,4-9H2,1-3H3. The lowest BCUT2D eigenvalue weighted by Gasteiger charge is -2.07. The van der Waals surface area contributed by atoms with Gasteiger partial charge >= 0.3 is 0 Å². The highest BCUT2D eigenvalue weighted by molar-refractivity contribution is 7.91. The van der Waals surface area contributed by atoms with Crippen molar-refractivity contribution in [2.24, 2.45) is 0 Å². The Balaban J connectivity index is 2.39. The van der Waals surface area contributed by atoms with Gasteiger partial charge in [0.1, 0.15) is 0 Å². The van der Waals surface area contributed by atoms with Gasteiger partial charge in [0.2, 0.25) is 0 Å². The van der Waals surface area contributed by atoms with Gasteiger partial charge in [-0.1, -0.05) is 6.92 Å². The van der Waals surface area contributed by atoms with E-state index in [0.29, 0.717) is 6.54 Å². The van der Waals surface area contributed by atoms with Crippen LogP contribution >= 0.6 is 0 Å². The molecule has 0 saturated carbocycles. The number of sulfone groups is 1. The zero-order valence-electron chi connectivity index (χ0n) is 12.1. The molecule has 1 aromatic heterocycles. The van der Waals surface area contributed by atoms with E-state index in [2.05, 4.69) is 17.2 Å². The van der Waals surface area contributed by atoms with Gasteiger partial charge in [0.15, 0.2) is 9.84 Å². The average Bonchev–Trinajstić information content (AvgIpc) is 2.80. The maximum atomic E-state index is 11.7. The average molecular weight is 287 g/mol. The van der Waals surface area contributed by atoms with Crippen molar-refractivity contribution in [2.45, 2.75) is 45.4 Å². The molecule has 1 heterocycles. The van der Waals surface area contributed by atoms with Crippen LogP contribution in [0.25, 0.3) is 0 Å². The number of nitrogens with zero attached hydrogens (tertiary/aromatic N) is 2. The fourth-order valence-corrected chi connectivity index (χ4v) is 2.58. The highest BCUT2D eigenvalue weighted by Gasteiger charge is 2.15. The lowest BCUT2D eigenvalue weighted by Crippen LogP contribution is -2.20. The predicted octanol–water partition coefficient (Wildman–Crippen LogP) is 1.25. The second kappa shape index (κ2) is 7.65. The summed E-state index contributed by atoms with van der Waals surface area (Å²) in [6, 6.07) is 0. The molecular weight excluding hydrogens is 262 g/mol. The van der Waals surface area contributed by atoms with E-state index >= 15 is 0 Å². The molecule has 0 amide bonds. The van der Waals surface area contributed by atoms with Crippen molar-refractivity contribution in [1.82, 2.24) is 14.9 Å². The lowest BCUT2D eigenvalue weighted by molar-refractivity contribution is 0.580. The largest absolute Gasteiger partial charge is 0.336 e. The van der Waals surface area contributed by atoms with Crippen LogP contribution in [0.3, 0.4) is 0 Å². The molecule has 0 unspecified atom stereocenters. The third-order valence-electron chi connectivity index (χ3n) is 3.02. The Morgan fingerprint density at radius 1 is 1.37 bits per heavy atom. The second-order valence-corrected chi connectivity index (χ2v) is 7.70. The van der Waals surface area contributed by atoms with Crippen molar-refractivity contribution >= 4 is 9.84 Å². The van der Waals surface area contributed by atoms with Gasteiger partial charge in [0, 0.05) is 25.7 Å². The van der Waals surface area contributed by atoms with E-state index in [-0.39, 0.29) is 11.0 Å². The van der Waals surface area contributed by atoms with E-state index in [1.54, 1.807) is 20.2 Å². The molecular formula is C13H25N3O2S. The summed E-state index contributed by atoms with van der Waals surface area (Å²) in [5.41, 5.74) is 1.01. The second-order valence-electron chi connectivity index (χ2n) is 5.02. The fourth-order valence-electron chi connectivity index (χ4n) is 1.64. The molecule has 0 aliphatic heterocycles. The van der Waals surface area contributed by atoms with Crippen LogP contribution in [-0.2, 0) is 22.8 Å². The Labute approximate surface area is 116 Å². The van der Waals surface area contributed by atoms with Crippen molar-refractivity contribution in [3.63, 3.8) is 0 Å². The van der Waals surface area contributed by atoms with Gasteiger partial charge in [-0.05, 0) is 26.8 Å². The zero-order valence-corrected chi connectivity index (χ0v) is 12.9. The van der Waals surface area contributed by atoms with E-state index in [0.717, 1.165) is 31.6 Å². The lowest BCUT2D eigenvalue weighted by atomic mass is 10.3. The molecule has 0 spiro atoms. The summed E-state index contributed by atoms with van der Waals surface area (Å²) in [5, 5.41) is 3.01. The molecule has 0 bridgehead atoms. The first-order valence-electron chi connectivity index (χ1n) is 6.88. The fraction of sp³-hybridized carbons (Fsp3) is 0.769. The number of imidazole rings is 1. The first-order valence-corrected chi connectivity index (χ1v) is 8.60. The van der Waals surface area contributed by atoms with E-state index in [4.69, 9.17) is 0 Å². The number of aryl methyl sites for hydroxylation is 1. The molecule has 0 fully saturated rings. The van der Waals surface area contributed by atoms with Crippen LogP contribution in [0.2, 0.25) is 0 Å². The number of hydrogen-bond acceptors (Lipinski definition) is 4. The molecule has 110 valence electrons. The third kappa shape index (κ3) is 5.74. The minimum absolute atomic E-state index is 0.175. The Morgan fingerprint density at radius 3 is 2.74 bits per heavy atom. The van der Waals surface area contributed by atoms with Gasteiger partial charge in [0.25, 0.3) is 0 Å². The molecule has 6 heteroatoms. The van der Waals surface area contributed by atoms with Crippen LogP contribution < -0.4 is 5.32 Å². The molecule has 1 aromatic rings. The molecule has 1 rings (SSSR count). The molecule has 0 aromatic carbocycles. The Kier molecular flexibility index (Phi) is 6.51. The normalized spacial score (nSPS) is 12.2. The van der Waals surface area contributed by atoms with Crippen molar-refractivity contribution in [3.8, 4) is 0 Å². The summed E-state index contributed by atoms with van der Waals surface area (Å²) >= 11 is 0. The van der Waals surface area contributed by atoms with Crippen molar-refractivity contribution < 1.29 is 8.42 Å². The summed E-state index contributed by atoms with van der Waals surface area (Å²) in [6.07, 6.45) is 5.65. The molecule has 0 aliphatic carbocycles. The summed E-state index contributed by atoms with van der Waals surface area (Å²) in [6.45, 7) is 7.98. The molecule has 0 aliphatic rings. The smallest absolute Gasteiger partial charge is 0.154 e. The van der Waals surface area contributed by atoms with E-state index in [1.807, 2.05) is 10.8 Å². The first kappa shape index (κ1) is 16.2. The molecule has 5 nitrogen and oxygen atoms in total. The summed E-state index contributed by atoms with van der Waals surface area (Å²) in [7, 11) is -2.97. The van der Waals surface area contributed by atoms with Crippen LogP contribution in [0.1, 0.15) is 32.9 Å². The maximum Gasteiger partial charge on any atom is 0.154 e. The number of rotatable bonds is 9. The number of hydrogen-bond donors (Lipinski definition) is 1. The molecule has 0 saturated heterocycles. The monoisotopic (exact) mass is 287 g/mol. The molecule has 0 atom stereocenters. The quantitative estimate of drug-likeness (QED) is 0.694. The predicted molar refractivity (Wildman–Crippen MR) is 78.0 cm³/mol. The van der Waals surface area contributed by atoms with Gasteiger partial charge in [0.05, 0.1) is 23.0 Å². The topological polar surface area (TPSA) is 64.0 Å². The van der Waals surface area contributed by atoms with Crippen LogP contribution in [0.15, 0.2) is 12.5 Å². The van der Waals surface area contributed by atoms with Gasteiger partial charge in [-0.25, -0.2) is 13.4 Å². The highest BCUT2D eigenvalue weighted by Crippen LogP contribution is 2.03. The number of aromatic nitrogens is 2. The summed E-state index contributed by atoms with van der Waals surface area (Å²) in [5.74, 6) is 0.175. The minimum atomic E-state index is -2.97. The SMILES string of the molecule is CCCNCCc1cn(CCS(=O)(=O)C(C)C)cn1. The third-order valence-corrected chi connectivity index (χ3v) is 5.21. The minimum Gasteiger partial charge on any atom is -0.336 e. The van der Waals surface area contributed by atoms with Crippen LogP contribution in [0, 0.1) is 0 Å².